The SMILES string of the molecule is CCN1CCN(CCOc2ccc(-c3oncc3-c3ccc(OC)cc3)c(O)c2)CC1. The van der Waals surface area contributed by atoms with Crippen molar-refractivity contribution in [3.05, 3.63) is 48.7 Å². The monoisotopic (exact) mass is 423 g/mol. The third kappa shape index (κ3) is 5.00. The van der Waals surface area contributed by atoms with Crippen LogP contribution in [-0.4, -0.2) is 73.0 Å². The number of likely N-dealkylation sites (N-methyl/N-ethyl adjacent to an activating group) is 1. The number of nitrogens with zero attached hydrogens (tertiary/aromatic N) is 3. The molecule has 1 aromatic heterocycles. The maximum Gasteiger partial charge on any atom is 0.178 e. The number of piperazine rings is 1. The average molecular weight is 424 g/mol. The van der Waals surface area contributed by atoms with Gasteiger partial charge >= 0.3 is 0 Å². The Morgan fingerprint density at radius 1 is 0.968 bits per heavy atom. The second-order valence-corrected chi connectivity index (χ2v) is 7.60. The van der Waals surface area contributed by atoms with Crippen molar-refractivity contribution in [3.8, 4) is 39.7 Å². The van der Waals surface area contributed by atoms with Crippen LogP contribution in [0.1, 0.15) is 6.92 Å². The van der Waals surface area contributed by atoms with E-state index in [1.165, 1.54) is 0 Å². The van der Waals surface area contributed by atoms with Crippen molar-refractivity contribution in [1.29, 1.82) is 0 Å². The van der Waals surface area contributed by atoms with Crippen molar-refractivity contribution in [2.45, 2.75) is 6.92 Å². The summed E-state index contributed by atoms with van der Waals surface area (Å²) in [5.74, 6) is 2.03. The summed E-state index contributed by atoms with van der Waals surface area (Å²) in [6.07, 6.45) is 1.65. The van der Waals surface area contributed by atoms with Crippen molar-refractivity contribution in [2.75, 3.05) is 53.0 Å². The summed E-state index contributed by atoms with van der Waals surface area (Å²) in [5.41, 5.74) is 2.31. The lowest BCUT2D eigenvalue weighted by atomic mass is 10.0. The fraction of sp³-hybridized carbons (Fsp3) is 0.375. The highest BCUT2D eigenvalue weighted by Crippen LogP contribution is 2.38. The van der Waals surface area contributed by atoms with E-state index in [1.807, 2.05) is 30.3 Å². The molecule has 7 heteroatoms. The molecule has 2 aromatic carbocycles. The van der Waals surface area contributed by atoms with Crippen LogP contribution >= 0.6 is 0 Å². The maximum absolute atomic E-state index is 10.6. The first-order chi connectivity index (χ1) is 15.2. The molecule has 4 rings (SSSR count). The molecule has 0 bridgehead atoms. The summed E-state index contributed by atoms with van der Waals surface area (Å²) in [6.45, 7) is 9.14. The lowest BCUT2D eigenvalue weighted by Crippen LogP contribution is -2.47. The Hall–Kier alpha value is -3.03. The number of hydrogen-bond acceptors (Lipinski definition) is 7. The molecule has 0 aliphatic carbocycles. The van der Waals surface area contributed by atoms with E-state index in [9.17, 15) is 5.11 Å². The quantitative estimate of drug-likeness (QED) is 0.592. The Labute approximate surface area is 182 Å². The predicted molar refractivity (Wildman–Crippen MR) is 120 cm³/mol. The van der Waals surface area contributed by atoms with Crippen LogP contribution in [-0.2, 0) is 0 Å². The summed E-state index contributed by atoms with van der Waals surface area (Å²) in [7, 11) is 1.63. The fourth-order valence-corrected chi connectivity index (χ4v) is 3.82. The molecule has 1 aliphatic heterocycles. The number of phenols is 1. The minimum absolute atomic E-state index is 0.0978. The second-order valence-electron chi connectivity index (χ2n) is 7.60. The molecule has 0 unspecified atom stereocenters. The Morgan fingerprint density at radius 2 is 1.68 bits per heavy atom. The molecule has 3 aromatic rings. The van der Waals surface area contributed by atoms with Gasteiger partial charge in [0.15, 0.2) is 5.76 Å². The zero-order valence-electron chi connectivity index (χ0n) is 18.1. The largest absolute Gasteiger partial charge is 0.507 e. The molecule has 0 amide bonds. The van der Waals surface area contributed by atoms with Gasteiger partial charge in [0.1, 0.15) is 23.9 Å². The van der Waals surface area contributed by atoms with Crippen molar-refractivity contribution in [2.24, 2.45) is 0 Å². The number of rotatable bonds is 8. The first kappa shape index (κ1) is 21.2. The van der Waals surface area contributed by atoms with Gasteiger partial charge in [0, 0.05) is 44.4 Å². The molecular weight excluding hydrogens is 394 g/mol. The molecule has 1 saturated heterocycles. The lowest BCUT2D eigenvalue weighted by molar-refractivity contribution is 0.121. The minimum Gasteiger partial charge on any atom is -0.507 e. The average Bonchev–Trinajstić information content (AvgIpc) is 3.29. The lowest BCUT2D eigenvalue weighted by Gasteiger charge is -2.33. The van der Waals surface area contributed by atoms with Gasteiger partial charge in [0.05, 0.1) is 18.9 Å². The molecule has 31 heavy (non-hydrogen) atoms. The van der Waals surface area contributed by atoms with Gasteiger partial charge < -0.3 is 24.0 Å². The smallest absolute Gasteiger partial charge is 0.178 e. The number of phenolic OH excluding ortho intramolecular Hbond substituents is 1. The number of aromatic nitrogens is 1. The summed E-state index contributed by atoms with van der Waals surface area (Å²) >= 11 is 0. The Bertz CT molecular complexity index is 979. The van der Waals surface area contributed by atoms with E-state index >= 15 is 0 Å². The van der Waals surface area contributed by atoms with Crippen LogP contribution in [0.25, 0.3) is 22.5 Å². The van der Waals surface area contributed by atoms with Crippen molar-refractivity contribution < 1.29 is 19.1 Å². The Morgan fingerprint density at radius 3 is 2.35 bits per heavy atom. The van der Waals surface area contributed by atoms with Crippen molar-refractivity contribution >= 4 is 0 Å². The Kier molecular flexibility index (Phi) is 6.74. The van der Waals surface area contributed by atoms with Crippen LogP contribution in [0.15, 0.2) is 53.2 Å². The van der Waals surface area contributed by atoms with Crippen LogP contribution in [0.4, 0.5) is 0 Å². The zero-order valence-corrected chi connectivity index (χ0v) is 18.1. The van der Waals surface area contributed by atoms with Gasteiger partial charge in [-0.05, 0) is 36.4 Å². The highest BCUT2D eigenvalue weighted by Gasteiger charge is 2.18. The molecule has 7 nitrogen and oxygen atoms in total. The van der Waals surface area contributed by atoms with Crippen LogP contribution in [0.5, 0.6) is 17.2 Å². The van der Waals surface area contributed by atoms with Crippen LogP contribution in [0.3, 0.4) is 0 Å². The van der Waals surface area contributed by atoms with E-state index in [1.54, 1.807) is 25.4 Å². The topological polar surface area (TPSA) is 71.2 Å². The van der Waals surface area contributed by atoms with E-state index in [-0.39, 0.29) is 5.75 Å². The van der Waals surface area contributed by atoms with Gasteiger partial charge in [0.2, 0.25) is 0 Å². The van der Waals surface area contributed by atoms with Crippen molar-refractivity contribution in [3.63, 3.8) is 0 Å². The first-order valence-electron chi connectivity index (χ1n) is 10.7. The van der Waals surface area contributed by atoms with Gasteiger partial charge in [-0.25, -0.2) is 0 Å². The molecule has 1 aliphatic rings. The van der Waals surface area contributed by atoms with Gasteiger partial charge in [0.25, 0.3) is 0 Å². The predicted octanol–water partition coefficient (Wildman–Crippen LogP) is 3.74. The normalized spacial score (nSPS) is 15.2. The first-order valence-corrected chi connectivity index (χ1v) is 10.7. The van der Waals surface area contributed by atoms with Gasteiger partial charge in [-0.1, -0.05) is 24.2 Å². The van der Waals surface area contributed by atoms with Crippen LogP contribution in [0, 0.1) is 0 Å². The highest BCUT2D eigenvalue weighted by molar-refractivity contribution is 5.82. The molecule has 0 atom stereocenters. The number of benzene rings is 2. The van der Waals surface area contributed by atoms with E-state index in [0.29, 0.717) is 23.7 Å². The molecule has 164 valence electrons. The molecule has 0 radical (unpaired) electrons. The van der Waals surface area contributed by atoms with E-state index < -0.39 is 0 Å². The fourth-order valence-electron chi connectivity index (χ4n) is 3.82. The highest BCUT2D eigenvalue weighted by atomic mass is 16.5. The van der Waals surface area contributed by atoms with E-state index in [4.69, 9.17) is 14.0 Å². The number of hydrogen-bond donors (Lipinski definition) is 1. The van der Waals surface area contributed by atoms with E-state index in [2.05, 4.69) is 21.9 Å². The molecular formula is C24H29N3O4. The molecule has 0 spiro atoms. The minimum atomic E-state index is 0.0978. The number of ether oxygens (including phenoxy) is 2. The summed E-state index contributed by atoms with van der Waals surface area (Å²) in [5, 5.41) is 14.6. The summed E-state index contributed by atoms with van der Waals surface area (Å²) in [4.78, 5) is 4.87. The Balaban J connectivity index is 1.40. The second kappa shape index (κ2) is 9.85. The van der Waals surface area contributed by atoms with Crippen molar-refractivity contribution in [1.82, 2.24) is 15.0 Å². The third-order valence-electron chi connectivity index (χ3n) is 5.77. The standard InChI is InChI=1S/C24H29N3O4/c1-3-26-10-12-27(13-11-26)14-15-30-20-8-9-21(23(28)16-20)24-22(17-25-31-24)18-4-6-19(29-2)7-5-18/h4-9,16-17,28H,3,10-15H2,1-2H3. The zero-order chi connectivity index (χ0) is 21.6. The van der Waals surface area contributed by atoms with Crippen LogP contribution in [0.2, 0.25) is 0 Å². The molecule has 0 saturated carbocycles. The van der Waals surface area contributed by atoms with E-state index in [0.717, 1.165) is 56.1 Å². The summed E-state index contributed by atoms with van der Waals surface area (Å²) < 4.78 is 16.6. The summed E-state index contributed by atoms with van der Waals surface area (Å²) in [6, 6.07) is 12.9. The van der Waals surface area contributed by atoms with Gasteiger partial charge in [-0.15, -0.1) is 0 Å². The molecule has 1 fully saturated rings. The third-order valence-corrected chi connectivity index (χ3v) is 5.77. The van der Waals surface area contributed by atoms with Crippen LogP contribution < -0.4 is 9.47 Å². The molecule has 2 heterocycles. The maximum atomic E-state index is 10.6. The number of methoxy groups -OCH3 is 1. The van der Waals surface area contributed by atoms with Gasteiger partial charge in [-0.2, -0.15) is 0 Å². The number of aromatic hydroxyl groups is 1. The molecule has 1 N–H and O–H groups in total. The van der Waals surface area contributed by atoms with Gasteiger partial charge in [-0.3, -0.25) is 4.90 Å².